The molecule has 0 radical (unpaired) electrons. The van der Waals surface area contributed by atoms with Gasteiger partial charge in [-0.05, 0) is 43.0 Å². The third kappa shape index (κ3) is 3.58. The SMILES string of the molecule is CC(C)Cn1c(S[C@H](C)C(=O)N2CCc3ccccc32)nnc1-c1ccco1. The highest BCUT2D eigenvalue weighted by Crippen LogP contribution is 2.32. The molecule has 0 saturated heterocycles. The van der Waals surface area contributed by atoms with Gasteiger partial charge in [0.25, 0.3) is 0 Å². The Labute approximate surface area is 168 Å². The van der Waals surface area contributed by atoms with Gasteiger partial charge in [0, 0.05) is 18.8 Å². The van der Waals surface area contributed by atoms with Gasteiger partial charge in [-0.1, -0.05) is 43.8 Å². The van der Waals surface area contributed by atoms with Crippen LogP contribution in [0.4, 0.5) is 5.69 Å². The second-order valence-corrected chi connectivity index (χ2v) is 8.72. The molecule has 6 nitrogen and oxygen atoms in total. The largest absolute Gasteiger partial charge is 0.461 e. The van der Waals surface area contributed by atoms with Crippen molar-refractivity contribution in [3.8, 4) is 11.6 Å². The fraction of sp³-hybridized carbons (Fsp3) is 0.381. The van der Waals surface area contributed by atoms with Gasteiger partial charge < -0.3 is 9.32 Å². The smallest absolute Gasteiger partial charge is 0.240 e. The molecule has 7 heteroatoms. The summed E-state index contributed by atoms with van der Waals surface area (Å²) < 4.78 is 7.57. The first-order valence-electron chi connectivity index (χ1n) is 9.57. The third-order valence-electron chi connectivity index (χ3n) is 4.79. The van der Waals surface area contributed by atoms with Gasteiger partial charge in [-0.15, -0.1) is 10.2 Å². The van der Waals surface area contributed by atoms with E-state index in [0.29, 0.717) is 17.5 Å². The van der Waals surface area contributed by atoms with E-state index in [4.69, 9.17) is 4.42 Å². The van der Waals surface area contributed by atoms with Crippen LogP contribution in [-0.4, -0.2) is 32.5 Å². The van der Waals surface area contributed by atoms with Crippen LogP contribution in [0.1, 0.15) is 26.3 Å². The average Bonchev–Trinajstić information content (AvgIpc) is 3.41. The molecule has 0 spiro atoms. The quantitative estimate of drug-likeness (QED) is 0.583. The molecule has 0 aliphatic carbocycles. The molecule has 0 bridgehead atoms. The van der Waals surface area contributed by atoms with Crippen molar-refractivity contribution in [2.45, 2.75) is 44.1 Å². The Morgan fingerprint density at radius 2 is 2.00 bits per heavy atom. The van der Waals surface area contributed by atoms with Crippen molar-refractivity contribution >= 4 is 23.4 Å². The summed E-state index contributed by atoms with van der Waals surface area (Å²) in [4.78, 5) is 15.0. The van der Waals surface area contributed by atoms with Crippen LogP contribution in [0.25, 0.3) is 11.6 Å². The van der Waals surface area contributed by atoms with Gasteiger partial charge >= 0.3 is 0 Å². The van der Waals surface area contributed by atoms with Crippen molar-refractivity contribution in [2.75, 3.05) is 11.4 Å². The Morgan fingerprint density at radius 3 is 2.75 bits per heavy atom. The number of anilines is 1. The molecule has 1 aliphatic rings. The average molecular weight is 397 g/mol. The maximum atomic E-state index is 13.1. The lowest BCUT2D eigenvalue weighted by molar-refractivity contribution is -0.117. The van der Waals surface area contributed by atoms with Gasteiger partial charge in [-0.2, -0.15) is 0 Å². The Bertz CT molecular complexity index is 965. The minimum atomic E-state index is -0.259. The maximum Gasteiger partial charge on any atom is 0.240 e. The zero-order valence-electron chi connectivity index (χ0n) is 16.3. The molecule has 1 aromatic carbocycles. The number of carbonyl (C=O) groups excluding carboxylic acids is 1. The number of thioether (sulfide) groups is 1. The van der Waals surface area contributed by atoms with E-state index in [9.17, 15) is 4.79 Å². The number of amides is 1. The first kappa shape index (κ1) is 18.8. The van der Waals surface area contributed by atoms with Crippen LogP contribution < -0.4 is 4.90 Å². The fourth-order valence-electron chi connectivity index (χ4n) is 3.49. The Morgan fingerprint density at radius 1 is 1.18 bits per heavy atom. The molecule has 1 amide bonds. The van der Waals surface area contributed by atoms with Crippen LogP contribution in [0.15, 0.2) is 52.2 Å². The summed E-state index contributed by atoms with van der Waals surface area (Å²) in [7, 11) is 0. The van der Waals surface area contributed by atoms with Crippen LogP contribution >= 0.6 is 11.8 Å². The van der Waals surface area contributed by atoms with Gasteiger partial charge in [0.2, 0.25) is 5.91 Å². The molecule has 1 atom stereocenters. The summed E-state index contributed by atoms with van der Waals surface area (Å²) in [6, 6.07) is 11.8. The monoisotopic (exact) mass is 396 g/mol. The molecule has 0 saturated carbocycles. The number of aromatic nitrogens is 3. The summed E-state index contributed by atoms with van der Waals surface area (Å²) >= 11 is 1.46. The van der Waals surface area contributed by atoms with E-state index in [1.807, 2.05) is 42.2 Å². The van der Waals surface area contributed by atoms with E-state index in [1.165, 1.54) is 17.3 Å². The minimum absolute atomic E-state index is 0.105. The molecule has 1 aliphatic heterocycles. The first-order valence-corrected chi connectivity index (χ1v) is 10.5. The molecule has 28 heavy (non-hydrogen) atoms. The van der Waals surface area contributed by atoms with E-state index < -0.39 is 0 Å². The zero-order chi connectivity index (χ0) is 19.7. The fourth-order valence-corrected chi connectivity index (χ4v) is 4.41. The van der Waals surface area contributed by atoms with E-state index in [-0.39, 0.29) is 11.2 Å². The molecule has 0 N–H and O–H groups in total. The van der Waals surface area contributed by atoms with Crippen molar-refractivity contribution in [3.05, 3.63) is 48.2 Å². The lowest BCUT2D eigenvalue weighted by Crippen LogP contribution is -2.35. The van der Waals surface area contributed by atoms with E-state index in [1.54, 1.807) is 6.26 Å². The summed E-state index contributed by atoms with van der Waals surface area (Å²) in [6.07, 6.45) is 2.54. The van der Waals surface area contributed by atoms with Crippen molar-refractivity contribution in [1.29, 1.82) is 0 Å². The van der Waals surface area contributed by atoms with Crippen LogP contribution in [0, 0.1) is 5.92 Å². The predicted molar refractivity (Wildman–Crippen MR) is 110 cm³/mol. The number of hydrogen-bond acceptors (Lipinski definition) is 5. The van der Waals surface area contributed by atoms with E-state index in [2.05, 4.69) is 34.7 Å². The van der Waals surface area contributed by atoms with Crippen molar-refractivity contribution < 1.29 is 9.21 Å². The normalized spacial score (nSPS) is 14.5. The number of nitrogens with zero attached hydrogens (tertiary/aromatic N) is 4. The summed E-state index contributed by atoms with van der Waals surface area (Å²) in [5.41, 5.74) is 2.26. The first-order chi connectivity index (χ1) is 13.5. The van der Waals surface area contributed by atoms with Gasteiger partial charge in [0.15, 0.2) is 16.7 Å². The van der Waals surface area contributed by atoms with Crippen LogP contribution in [0.3, 0.4) is 0 Å². The zero-order valence-corrected chi connectivity index (χ0v) is 17.1. The molecular weight excluding hydrogens is 372 g/mol. The predicted octanol–water partition coefficient (Wildman–Crippen LogP) is 4.26. The third-order valence-corrected chi connectivity index (χ3v) is 5.86. The number of furan rings is 1. The summed E-state index contributed by atoms with van der Waals surface area (Å²) in [5, 5.41) is 9.18. The molecule has 2 aromatic heterocycles. The minimum Gasteiger partial charge on any atom is -0.461 e. The van der Waals surface area contributed by atoms with Crippen LogP contribution in [0.5, 0.6) is 0 Å². The lowest BCUT2D eigenvalue weighted by atomic mass is 10.2. The number of rotatable bonds is 6. The molecule has 3 heterocycles. The number of hydrogen-bond donors (Lipinski definition) is 0. The van der Waals surface area contributed by atoms with Crippen molar-refractivity contribution in [3.63, 3.8) is 0 Å². The molecular formula is C21H24N4O2S. The van der Waals surface area contributed by atoms with E-state index in [0.717, 1.165) is 30.4 Å². The Hall–Kier alpha value is -2.54. The lowest BCUT2D eigenvalue weighted by Gasteiger charge is -2.21. The maximum absolute atomic E-state index is 13.1. The molecule has 0 fully saturated rings. The van der Waals surface area contributed by atoms with E-state index >= 15 is 0 Å². The standard InChI is InChI=1S/C21H24N4O2S/c1-14(2)13-25-19(18-9-6-12-27-18)22-23-21(25)28-15(3)20(26)24-11-10-16-7-4-5-8-17(16)24/h4-9,12,14-15H,10-11,13H2,1-3H3/t15-/m1/s1. The highest BCUT2D eigenvalue weighted by molar-refractivity contribution is 8.00. The Kier molecular flexibility index (Phi) is 5.26. The summed E-state index contributed by atoms with van der Waals surface area (Å²) in [5.74, 6) is 1.91. The van der Waals surface area contributed by atoms with Crippen molar-refractivity contribution in [1.82, 2.24) is 14.8 Å². The second-order valence-electron chi connectivity index (χ2n) is 7.42. The van der Waals surface area contributed by atoms with Crippen molar-refractivity contribution in [2.24, 2.45) is 5.92 Å². The molecule has 4 rings (SSSR count). The molecule has 3 aromatic rings. The number of benzene rings is 1. The van der Waals surface area contributed by atoms with Crippen LogP contribution in [-0.2, 0) is 17.8 Å². The molecule has 0 unspecified atom stereocenters. The van der Waals surface area contributed by atoms with Crippen LogP contribution in [0.2, 0.25) is 0 Å². The van der Waals surface area contributed by atoms with Gasteiger partial charge in [-0.25, -0.2) is 0 Å². The van der Waals surface area contributed by atoms with Gasteiger partial charge in [0.1, 0.15) is 0 Å². The highest BCUT2D eigenvalue weighted by Gasteiger charge is 2.30. The number of para-hydroxylation sites is 1. The second kappa shape index (κ2) is 7.83. The topological polar surface area (TPSA) is 64.2 Å². The Balaban J connectivity index is 1.56. The van der Waals surface area contributed by atoms with Gasteiger partial charge in [0.05, 0.1) is 11.5 Å². The van der Waals surface area contributed by atoms with Gasteiger partial charge in [-0.3, -0.25) is 9.36 Å². The molecule has 146 valence electrons. The highest BCUT2D eigenvalue weighted by atomic mass is 32.2. The number of carbonyl (C=O) groups is 1. The number of fused-ring (bicyclic) bond motifs is 1. The summed E-state index contributed by atoms with van der Waals surface area (Å²) in [6.45, 7) is 7.74.